The summed E-state index contributed by atoms with van der Waals surface area (Å²) >= 11 is 1.58. The molecule has 156 valence electrons. The normalized spacial score (nSPS) is 13.3. The third-order valence-corrected chi connectivity index (χ3v) is 6.68. The van der Waals surface area contributed by atoms with Gasteiger partial charge in [-0.3, -0.25) is 14.4 Å². The smallest absolute Gasteiger partial charge is 0.306 e. The quantitative estimate of drug-likeness (QED) is 0.480. The Morgan fingerprint density at radius 1 is 1.20 bits per heavy atom. The van der Waals surface area contributed by atoms with E-state index < -0.39 is 5.97 Å². The number of fused-ring (bicyclic) bond motifs is 3. The Morgan fingerprint density at radius 2 is 2.00 bits per heavy atom. The average molecular weight is 425 g/mol. The summed E-state index contributed by atoms with van der Waals surface area (Å²) in [6.45, 7) is 3.48. The van der Waals surface area contributed by atoms with E-state index in [0.717, 1.165) is 47.2 Å². The van der Waals surface area contributed by atoms with Gasteiger partial charge in [0.2, 0.25) is 5.78 Å². The first-order valence-electron chi connectivity index (χ1n) is 10.2. The maximum absolute atomic E-state index is 12.6. The van der Waals surface area contributed by atoms with E-state index in [9.17, 15) is 14.4 Å². The van der Waals surface area contributed by atoms with Gasteiger partial charge in [0.15, 0.2) is 6.61 Å². The fraction of sp³-hybridized carbons (Fsp3) is 0.391. The molecule has 1 aliphatic carbocycles. The van der Waals surface area contributed by atoms with Crippen LogP contribution < -0.4 is 5.56 Å². The molecule has 0 unspecified atom stereocenters. The first-order valence-corrected chi connectivity index (χ1v) is 11.0. The van der Waals surface area contributed by atoms with Crippen molar-refractivity contribution >= 4 is 33.3 Å². The molecule has 2 aromatic heterocycles. The Hall–Kier alpha value is -2.80. The molecule has 0 amide bonds. The van der Waals surface area contributed by atoms with Crippen molar-refractivity contribution in [3.63, 3.8) is 0 Å². The van der Waals surface area contributed by atoms with E-state index in [1.54, 1.807) is 17.4 Å². The molecule has 2 heterocycles. The number of hydrogen-bond donors (Lipinski definition) is 1. The van der Waals surface area contributed by atoms with Gasteiger partial charge in [-0.25, -0.2) is 4.98 Å². The van der Waals surface area contributed by atoms with Crippen LogP contribution in [0.15, 0.2) is 23.0 Å². The second-order valence-corrected chi connectivity index (χ2v) is 8.89. The highest BCUT2D eigenvalue weighted by molar-refractivity contribution is 7.18. The minimum atomic E-state index is -0.484. The van der Waals surface area contributed by atoms with E-state index in [-0.39, 0.29) is 30.8 Å². The second-order valence-electron chi connectivity index (χ2n) is 7.81. The molecule has 0 aliphatic heterocycles. The Morgan fingerprint density at radius 3 is 2.83 bits per heavy atom. The molecule has 0 saturated carbocycles. The van der Waals surface area contributed by atoms with Crippen LogP contribution in [0.5, 0.6) is 0 Å². The fourth-order valence-electron chi connectivity index (χ4n) is 3.88. The van der Waals surface area contributed by atoms with Crippen molar-refractivity contribution < 1.29 is 14.3 Å². The maximum atomic E-state index is 12.6. The molecule has 6 nitrogen and oxygen atoms in total. The van der Waals surface area contributed by atoms with Crippen LogP contribution in [0.3, 0.4) is 0 Å². The lowest BCUT2D eigenvalue weighted by Crippen LogP contribution is -2.17. The van der Waals surface area contributed by atoms with Gasteiger partial charge < -0.3 is 9.72 Å². The van der Waals surface area contributed by atoms with E-state index in [4.69, 9.17) is 4.74 Å². The zero-order valence-electron chi connectivity index (χ0n) is 17.2. The highest BCUT2D eigenvalue weighted by Crippen LogP contribution is 2.33. The minimum absolute atomic E-state index is 0.0552. The van der Waals surface area contributed by atoms with Gasteiger partial charge >= 0.3 is 5.97 Å². The van der Waals surface area contributed by atoms with Gasteiger partial charge in [0.25, 0.3) is 5.56 Å². The predicted octanol–water partition coefficient (Wildman–Crippen LogP) is 3.84. The Labute approximate surface area is 178 Å². The third-order valence-electron chi connectivity index (χ3n) is 5.50. The number of ether oxygens (including phenoxy) is 1. The Bertz CT molecular complexity index is 1190. The van der Waals surface area contributed by atoms with Crippen molar-refractivity contribution in [1.29, 1.82) is 0 Å². The first-order chi connectivity index (χ1) is 14.4. The van der Waals surface area contributed by atoms with Gasteiger partial charge in [-0.2, -0.15) is 0 Å². The number of carbonyl (C=O) groups excluding carboxylic acids is 2. The molecule has 30 heavy (non-hydrogen) atoms. The van der Waals surface area contributed by atoms with Crippen LogP contribution in [0.2, 0.25) is 0 Å². The molecule has 0 bridgehead atoms. The molecule has 1 aromatic carbocycles. The summed E-state index contributed by atoms with van der Waals surface area (Å²) in [5.41, 5.74) is 3.42. The molecular weight excluding hydrogens is 400 g/mol. The topological polar surface area (TPSA) is 89.1 Å². The Balaban J connectivity index is 1.38. The van der Waals surface area contributed by atoms with E-state index >= 15 is 0 Å². The van der Waals surface area contributed by atoms with E-state index in [1.807, 2.05) is 26.0 Å². The van der Waals surface area contributed by atoms with Gasteiger partial charge in [0.1, 0.15) is 10.7 Å². The summed E-state index contributed by atoms with van der Waals surface area (Å²) in [4.78, 5) is 46.4. The predicted molar refractivity (Wildman–Crippen MR) is 116 cm³/mol. The molecular formula is C23H24N2O4S. The SMILES string of the molecule is Cc1ccc(C)c(C(=O)COC(=O)CCc2nc3sc4c(c3c(=O)[nH]2)CCCC4)c1. The number of carbonyl (C=O) groups is 2. The van der Waals surface area contributed by atoms with Crippen molar-refractivity contribution in [3.05, 3.63) is 61.5 Å². The summed E-state index contributed by atoms with van der Waals surface area (Å²) in [6, 6.07) is 5.62. The minimum Gasteiger partial charge on any atom is -0.457 e. The van der Waals surface area contributed by atoms with Crippen molar-refractivity contribution in [3.8, 4) is 0 Å². The van der Waals surface area contributed by atoms with Crippen LogP contribution in [-0.4, -0.2) is 28.3 Å². The van der Waals surface area contributed by atoms with Gasteiger partial charge in [0.05, 0.1) is 11.8 Å². The lowest BCUT2D eigenvalue weighted by atomic mass is 9.97. The molecule has 0 fully saturated rings. The molecule has 1 aliphatic rings. The van der Waals surface area contributed by atoms with Crippen LogP contribution in [0.1, 0.15) is 57.0 Å². The molecule has 4 rings (SSSR count). The van der Waals surface area contributed by atoms with Gasteiger partial charge in [-0.15, -0.1) is 11.3 Å². The van der Waals surface area contributed by atoms with E-state index in [1.165, 1.54) is 4.88 Å². The van der Waals surface area contributed by atoms with Crippen LogP contribution in [0.4, 0.5) is 0 Å². The number of nitrogens with zero attached hydrogens (tertiary/aromatic N) is 1. The lowest BCUT2D eigenvalue weighted by molar-refractivity contribution is -0.142. The molecule has 1 N–H and O–H groups in total. The number of ketones is 1. The standard InChI is InChI=1S/C23H24N2O4S/c1-13-7-8-14(2)16(11-13)17(26)12-29-20(27)10-9-19-24-22(28)21-15-5-3-4-6-18(15)30-23(21)25-19/h7-8,11H,3-6,9-10,12H2,1-2H3,(H,24,25,28). The number of esters is 1. The molecule has 0 saturated heterocycles. The Kier molecular flexibility index (Phi) is 5.81. The van der Waals surface area contributed by atoms with Crippen molar-refractivity contribution in [2.45, 2.75) is 52.4 Å². The van der Waals surface area contributed by atoms with Gasteiger partial charge in [0, 0.05) is 16.9 Å². The van der Waals surface area contributed by atoms with Crippen molar-refractivity contribution in [2.75, 3.05) is 6.61 Å². The number of Topliss-reactive ketones (excluding diaryl/α,β-unsaturated/α-hetero) is 1. The fourth-order valence-corrected chi connectivity index (χ4v) is 5.16. The van der Waals surface area contributed by atoms with Crippen LogP contribution >= 0.6 is 11.3 Å². The summed E-state index contributed by atoms with van der Waals surface area (Å²) in [7, 11) is 0. The van der Waals surface area contributed by atoms with Crippen molar-refractivity contribution in [2.24, 2.45) is 0 Å². The largest absolute Gasteiger partial charge is 0.457 e. The molecule has 0 spiro atoms. The first kappa shape index (κ1) is 20.5. The number of benzene rings is 1. The molecule has 3 aromatic rings. The third kappa shape index (κ3) is 4.21. The molecule has 0 radical (unpaired) electrons. The monoisotopic (exact) mass is 424 g/mol. The summed E-state index contributed by atoms with van der Waals surface area (Å²) < 4.78 is 5.15. The summed E-state index contributed by atoms with van der Waals surface area (Å²) in [6.07, 6.45) is 4.51. The van der Waals surface area contributed by atoms with Gasteiger partial charge in [-0.1, -0.05) is 17.7 Å². The summed E-state index contributed by atoms with van der Waals surface area (Å²) in [5.74, 6) is -0.229. The molecule has 0 atom stereocenters. The number of nitrogens with one attached hydrogen (secondary N) is 1. The zero-order valence-corrected chi connectivity index (χ0v) is 18.0. The molecule has 7 heteroatoms. The maximum Gasteiger partial charge on any atom is 0.306 e. The number of aromatic amines is 1. The van der Waals surface area contributed by atoms with Crippen LogP contribution in [0.25, 0.3) is 10.2 Å². The van der Waals surface area contributed by atoms with E-state index in [0.29, 0.717) is 16.8 Å². The number of thiophene rings is 1. The highest BCUT2D eigenvalue weighted by Gasteiger charge is 2.20. The second kappa shape index (κ2) is 8.52. The van der Waals surface area contributed by atoms with Gasteiger partial charge in [-0.05, 0) is 56.7 Å². The summed E-state index contributed by atoms with van der Waals surface area (Å²) in [5, 5.41) is 0.708. The highest BCUT2D eigenvalue weighted by atomic mass is 32.1. The number of rotatable bonds is 6. The van der Waals surface area contributed by atoms with Crippen LogP contribution in [0, 0.1) is 13.8 Å². The number of aryl methyl sites for hydroxylation is 5. The number of aromatic nitrogens is 2. The van der Waals surface area contributed by atoms with E-state index in [2.05, 4.69) is 9.97 Å². The average Bonchev–Trinajstić information content (AvgIpc) is 3.11. The van der Waals surface area contributed by atoms with Crippen molar-refractivity contribution in [1.82, 2.24) is 9.97 Å². The number of hydrogen-bond acceptors (Lipinski definition) is 6. The van der Waals surface area contributed by atoms with Crippen LogP contribution in [-0.2, 0) is 28.8 Å². The number of H-pyrrole nitrogens is 1. The lowest BCUT2D eigenvalue weighted by Gasteiger charge is -2.09. The zero-order chi connectivity index (χ0) is 21.3.